The zero-order chi connectivity index (χ0) is 32.4. The number of benzene rings is 3. The Morgan fingerprint density at radius 2 is 1.53 bits per heavy atom. The van der Waals surface area contributed by atoms with Crippen LogP contribution in [-0.4, -0.2) is 57.5 Å². The van der Waals surface area contributed by atoms with Crippen LogP contribution in [0.3, 0.4) is 0 Å². The first-order valence-corrected chi connectivity index (χ1v) is 16.8. The standard InChI is InChI=1S/C34H42FN3O6S/c1-4-32(34(40)36-27-9-7-6-8-10-27)37(23-25-11-17-29(43-3)18-12-25)33(39)24-38(28-15-19-30(20-16-28)44-5-2)45(41,42)31-21-13-26(35)14-22-31/h11-22,27,32H,4-10,23-24H2,1-3H3,(H,36,40). The van der Waals surface area contributed by atoms with E-state index in [4.69, 9.17) is 9.47 Å². The van der Waals surface area contributed by atoms with Crippen LogP contribution in [0, 0.1) is 5.82 Å². The first-order valence-electron chi connectivity index (χ1n) is 15.4. The first-order chi connectivity index (χ1) is 21.7. The molecule has 1 aliphatic rings. The van der Waals surface area contributed by atoms with Crippen molar-refractivity contribution in [3.05, 3.63) is 84.2 Å². The molecule has 0 aromatic heterocycles. The molecule has 1 aliphatic carbocycles. The van der Waals surface area contributed by atoms with Crippen LogP contribution in [0.5, 0.6) is 11.5 Å². The third-order valence-corrected chi connectivity index (χ3v) is 9.75. The van der Waals surface area contributed by atoms with Crippen molar-refractivity contribution in [2.75, 3.05) is 24.6 Å². The second-order valence-electron chi connectivity index (χ2n) is 11.0. The van der Waals surface area contributed by atoms with Gasteiger partial charge in [0.2, 0.25) is 11.8 Å². The van der Waals surface area contributed by atoms with Crippen molar-refractivity contribution in [3.8, 4) is 11.5 Å². The van der Waals surface area contributed by atoms with E-state index in [1.165, 1.54) is 4.90 Å². The number of hydrogen-bond donors (Lipinski definition) is 1. The van der Waals surface area contributed by atoms with Crippen LogP contribution < -0.4 is 19.1 Å². The summed E-state index contributed by atoms with van der Waals surface area (Å²) in [6.45, 7) is 3.59. The van der Waals surface area contributed by atoms with E-state index in [2.05, 4.69) is 5.32 Å². The van der Waals surface area contributed by atoms with Crippen molar-refractivity contribution in [2.45, 2.75) is 75.9 Å². The Morgan fingerprint density at radius 1 is 0.911 bits per heavy atom. The number of nitrogens with zero attached hydrogens (tertiary/aromatic N) is 2. The molecular formula is C34H42FN3O6S. The number of rotatable bonds is 14. The predicted octanol–water partition coefficient (Wildman–Crippen LogP) is 5.68. The summed E-state index contributed by atoms with van der Waals surface area (Å²) in [6.07, 6.45) is 5.30. The van der Waals surface area contributed by atoms with Crippen LogP contribution >= 0.6 is 0 Å². The van der Waals surface area contributed by atoms with E-state index < -0.39 is 34.3 Å². The van der Waals surface area contributed by atoms with Gasteiger partial charge in [-0.15, -0.1) is 0 Å². The van der Waals surface area contributed by atoms with Crippen LogP contribution in [0.4, 0.5) is 10.1 Å². The molecule has 0 heterocycles. The number of ether oxygens (including phenoxy) is 2. The molecule has 0 aliphatic heterocycles. The molecule has 1 atom stereocenters. The molecule has 4 rings (SSSR count). The average Bonchev–Trinajstić information content (AvgIpc) is 3.05. The van der Waals surface area contributed by atoms with Gasteiger partial charge in [-0.25, -0.2) is 12.8 Å². The monoisotopic (exact) mass is 639 g/mol. The first kappa shape index (κ1) is 33.8. The summed E-state index contributed by atoms with van der Waals surface area (Å²) >= 11 is 0. The van der Waals surface area contributed by atoms with Gasteiger partial charge in [0, 0.05) is 12.6 Å². The summed E-state index contributed by atoms with van der Waals surface area (Å²) in [6, 6.07) is 17.2. The van der Waals surface area contributed by atoms with Crippen LogP contribution in [0.1, 0.15) is 57.9 Å². The van der Waals surface area contributed by atoms with Gasteiger partial charge in [0.25, 0.3) is 10.0 Å². The summed E-state index contributed by atoms with van der Waals surface area (Å²) in [4.78, 5) is 29.2. The quantitative estimate of drug-likeness (QED) is 0.243. The van der Waals surface area contributed by atoms with Crippen molar-refractivity contribution in [1.29, 1.82) is 0 Å². The number of amides is 2. The fraction of sp³-hybridized carbons (Fsp3) is 0.412. The highest BCUT2D eigenvalue weighted by Gasteiger charge is 2.34. The van der Waals surface area contributed by atoms with Gasteiger partial charge in [-0.1, -0.05) is 38.3 Å². The second kappa shape index (κ2) is 15.7. The maximum absolute atomic E-state index is 14.3. The largest absolute Gasteiger partial charge is 0.497 e. The maximum atomic E-state index is 14.3. The summed E-state index contributed by atoms with van der Waals surface area (Å²) < 4.78 is 53.5. The van der Waals surface area contributed by atoms with Gasteiger partial charge in [0.15, 0.2) is 0 Å². The Bertz CT molecular complexity index is 1510. The van der Waals surface area contributed by atoms with E-state index in [0.717, 1.165) is 66.2 Å². The number of halogens is 1. The number of sulfonamides is 1. The Hall–Kier alpha value is -4.12. The van der Waals surface area contributed by atoms with E-state index in [-0.39, 0.29) is 29.1 Å². The summed E-state index contributed by atoms with van der Waals surface area (Å²) in [7, 11) is -2.76. The predicted molar refractivity (Wildman–Crippen MR) is 171 cm³/mol. The van der Waals surface area contributed by atoms with Crippen molar-refractivity contribution >= 4 is 27.5 Å². The molecule has 0 saturated heterocycles. The molecule has 1 N–H and O–H groups in total. The second-order valence-corrected chi connectivity index (χ2v) is 12.9. The molecule has 0 spiro atoms. The molecule has 0 bridgehead atoms. The Labute approximate surface area is 265 Å². The zero-order valence-electron chi connectivity index (χ0n) is 26.1. The molecule has 1 unspecified atom stereocenters. The topological polar surface area (TPSA) is 105 Å². The van der Waals surface area contributed by atoms with Crippen molar-refractivity contribution < 1.29 is 31.9 Å². The van der Waals surface area contributed by atoms with E-state index in [9.17, 15) is 22.4 Å². The van der Waals surface area contributed by atoms with Gasteiger partial charge in [-0.2, -0.15) is 0 Å². The molecule has 45 heavy (non-hydrogen) atoms. The molecule has 3 aromatic rings. The number of methoxy groups -OCH3 is 1. The molecular weight excluding hydrogens is 597 g/mol. The lowest BCUT2D eigenvalue weighted by Gasteiger charge is -2.34. The van der Waals surface area contributed by atoms with Crippen molar-refractivity contribution in [3.63, 3.8) is 0 Å². The molecule has 3 aromatic carbocycles. The lowest BCUT2D eigenvalue weighted by atomic mass is 9.95. The number of carbonyl (C=O) groups is 2. The third kappa shape index (κ3) is 8.75. The van der Waals surface area contributed by atoms with Gasteiger partial charge in [0.1, 0.15) is 29.9 Å². The number of nitrogens with one attached hydrogen (secondary N) is 1. The summed E-state index contributed by atoms with van der Waals surface area (Å²) in [5.74, 6) is -0.224. The minimum absolute atomic E-state index is 0.0393. The van der Waals surface area contributed by atoms with Crippen LogP contribution in [0.2, 0.25) is 0 Å². The van der Waals surface area contributed by atoms with Crippen LogP contribution in [-0.2, 0) is 26.2 Å². The number of hydrogen-bond acceptors (Lipinski definition) is 6. The third-order valence-electron chi connectivity index (χ3n) is 7.97. The molecule has 1 fully saturated rings. The fourth-order valence-electron chi connectivity index (χ4n) is 5.53. The Balaban J connectivity index is 1.70. The fourth-order valence-corrected chi connectivity index (χ4v) is 6.94. The average molecular weight is 640 g/mol. The number of carbonyl (C=O) groups excluding carboxylic acids is 2. The Morgan fingerprint density at radius 3 is 2.11 bits per heavy atom. The van der Waals surface area contributed by atoms with Gasteiger partial charge in [-0.3, -0.25) is 13.9 Å². The Kier molecular flexibility index (Phi) is 11.8. The van der Waals surface area contributed by atoms with E-state index in [1.54, 1.807) is 43.5 Å². The minimum Gasteiger partial charge on any atom is -0.497 e. The van der Waals surface area contributed by atoms with Crippen molar-refractivity contribution in [2.24, 2.45) is 0 Å². The zero-order valence-corrected chi connectivity index (χ0v) is 26.9. The highest BCUT2D eigenvalue weighted by Crippen LogP contribution is 2.27. The van der Waals surface area contributed by atoms with Crippen LogP contribution in [0.15, 0.2) is 77.7 Å². The minimum atomic E-state index is -4.32. The lowest BCUT2D eigenvalue weighted by molar-refractivity contribution is -0.140. The molecule has 0 radical (unpaired) electrons. The highest BCUT2D eigenvalue weighted by molar-refractivity contribution is 7.92. The van der Waals surface area contributed by atoms with E-state index in [1.807, 2.05) is 26.0 Å². The van der Waals surface area contributed by atoms with Crippen molar-refractivity contribution in [1.82, 2.24) is 10.2 Å². The van der Waals surface area contributed by atoms with Gasteiger partial charge < -0.3 is 19.7 Å². The highest BCUT2D eigenvalue weighted by atomic mass is 32.2. The molecule has 11 heteroatoms. The smallest absolute Gasteiger partial charge is 0.264 e. The maximum Gasteiger partial charge on any atom is 0.264 e. The summed E-state index contributed by atoms with van der Waals surface area (Å²) in [5.41, 5.74) is 0.974. The summed E-state index contributed by atoms with van der Waals surface area (Å²) in [5, 5.41) is 3.14. The normalized spacial score (nSPS) is 14.3. The molecule has 1 saturated carbocycles. The molecule has 242 valence electrons. The van der Waals surface area contributed by atoms with E-state index >= 15 is 0 Å². The molecule has 2 amide bonds. The van der Waals surface area contributed by atoms with Gasteiger partial charge in [-0.05, 0) is 92.4 Å². The number of anilines is 1. The van der Waals surface area contributed by atoms with Gasteiger partial charge in [0.05, 0.1) is 24.3 Å². The SMILES string of the molecule is CCOc1ccc(N(CC(=O)N(Cc2ccc(OC)cc2)C(CC)C(=O)NC2CCCCC2)S(=O)(=O)c2ccc(F)cc2)cc1. The van der Waals surface area contributed by atoms with E-state index in [0.29, 0.717) is 24.5 Å². The van der Waals surface area contributed by atoms with Gasteiger partial charge >= 0.3 is 0 Å². The lowest BCUT2D eigenvalue weighted by Crippen LogP contribution is -2.54. The van der Waals surface area contributed by atoms with Crippen LogP contribution in [0.25, 0.3) is 0 Å². The molecule has 9 nitrogen and oxygen atoms in total.